The fraction of sp³-hybridized carbons (Fsp3) is 0.250. The molecule has 0 aliphatic rings. The van der Waals surface area contributed by atoms with Crippen LogP contribution in [0.2, 0.25) is 0 Å². The van der Waals surface area contributed by atoms with Gasteiger partial charge < -0.3 is 4.90 Å². The Morgan fingerprint density at radius 2 is 2.09 bits per heavy atom. The maximum Gasteiger partial charge on any atom is 0.0888 e. The van der Waals surface area contributed by atoms with E-state index in [-0.39, 0.29) is 0 Å². The van der Waals surface area contributed by atoms with Crippen LogP contribution in [0.1, 0.15) is 0 Å². The molecule has 58 valence electrons. The number of rotatable bonds is 2. The van der Waals surface area contributed by atoms with Crippen LogP contribution in [0, 0.1) is 0 Å². The van der Waals surface area contributed by atoms with Gasteiger partial charge in [-0.3, -0.25) is 9.98 Å². The highest BCUT2D eigenvalue weighted by Gasteiger charge is 1.92. The van der Waals surface area contributed by atoms with Crippen molar-refractivity contribution in [2.75, 3.05) is 19.0 Å². The van der Waals surface area contributed by atoms with Gasteiger partial charge in [-0.05, 0) is 12.1 Å². The molecular formula is C8H11N3. The van der Waals surface area contributed by atoms with E-state index < -0.39 is 0 Å². The van der Waals surface area contributed by atoms with Gasteiger partial charge in [0.05, 0.1) is 6.34 Å². The van der Waals surface area contributed by atoms with Gasteiger partial charge in [0.2, 0.25) is 0 Å². The molecule has 0 saturated carbocycles. The van der Waals surface area contributed by atoms with Crippen LogP contribution >= 0.6 is 0 Å². The van der Waals surface area contributed by atoms with E-state index >= 15 is 0 Å². The second-order valence-corrected chi connectivity index (χ2v) is 2.19. The van der Waals surface area contributed by atoms with Crippen LogP contribution in [0.5, 0.6) is 0 Å². The Bertz CT molecular complexity index is 230. The van der Waals surface area contributed by atoms with E-state index in [1.165, 1.54) is 0 Å². The van der Waals surface area contributed by atoms with E-state index in [9.17, 15) is 0 Å². The van der Waals surface area contributed by atoms with Crippen LogP contribution in [0.4, 0.5) is 5.69 Å². The molecule has 0 aromatic carbocycles. The fourth-order valence-electron chi connectivity index (χ4n) is 0.819. The number of hydrogen-bond acceptors (Lipinski definition) is 2. The fourth-order valence-corrected chi connectivity index (χ4v) is 0.819. The van der Waals surface area contributed by atoms with Crippen molar-refractivity contribution in [3.8, 4) is 0 Å². The summed E-state index contributed by atoms with van der Waals surface area (Å²) in [5, 5.41) is 0. The van der Waals surface area contributed by atoms with Crippen LogP contribution in [0.25, 0.3) is 0 Å². The quantitative estimate of drug-likeness (QED) is 0.466. The summed E-state index contributed by atoms with van der Waals surface area (Å²) < 4.78 is 0. The molecule has 0 amide bonds. The van der Waals surface area contributed by atoms with Crippen LogP contribution in [-0.4, -0.2) is 25.4 Å². The summed E-state index contributed by atoms with van der Waals surface area (Å²) >= 11 is 0. The number of aromatic nitrogens is 1. The second-order valence-electron chi connectivity index (χ2n) is 2.19. The lowest BCUT2D eigenvalue weighted by Gasteiger charge is -2.11. The van der Waals surface area contributed by atoms with Crippen molar-refractivity contribution in [3.63, 3.8) is 0 Å². The molecule has 0 atom stereocenters. The summed E-state index contributed by atoms with van der Waals surface area (Å²) in [6.45, 7) is 0. The van der Waals surface area contributed by atoms with Gasteiger partial charge in [0, 0.05) is 32.2 Å². The summed E-state index contributed by atoms with van der Waals surface area (Å²) in [6.07, 6.45) is 5.28. The Labute approximate surface area is 66.4 Å². The van der Waals surface area contributed by atoms with E-state index in [1.807, 2.05) is 24.1 Å². The molecule has 1 rings (SSSR count). The molecular weight excluding hydrogens is 138 g/mol. The normalized spacial score (nSPS) is 10.4. The molecule has 0 fully saturated rings. The Kier molecular flexibility index (Phi) is 2.60. The predicted octanol–water partition coefficient (Wildman–Crippen LogP) is 1.18. The van der Waals surface area contributed by atoms with Gasteiger partial charge in [-0.1, -0.05) is 0 Å². The minimum absolute atomic E-state index is 1.09. The molecule has 0 radical (unpaired) electrons. The van der Waals surface area contributed by atoms with Crippen molar-refractivity contribution in [3.05, 3.63) is 24.5 Å². The van der Waals surface area contributed by atoms with Crippen molar-refractivity contribution in [2.24, 2.45) is 4.99 Å². The Morgan fingerprint density at radius 3 is 2.64 bits per heavy atom. The van der Waals surface area contributed by atoms with Gasteiger partial charge in [0.25, 0.3) is 0 Å². The highest BCUT2D eigenvalue weighted by molar-refractivity contribution is 5.77. The molecule has 11 heavy (non-hydrogen) atoms. The summed E-state index contributed by atoms with van der Waals surface area (Å²) in [6, 6.07) is 3.86. The molecule has 1 aromatic rings. The number of aliphatic imine (C=N–C) groups is 1. The van der Waals surface area contributed by atoms with Gasteiger partial charge in [0.15, 0.2) is 0 Å². The molecule has 1 aromatic heterocycles. The first kappa shape index (κ1) is 7.72. The van der Waals surface area contributed by atoms with E-state index in [1.54, 1.807) is 25.8 Å². The third-order valence-electron chi connectivity index (χ3n) is 1.36. The van der Waals surface area contributed by atoms with Crippen LogP contribution in [0.3, 0.4) is 0 Å². The van der Waals surface area contributed by atoms with E-state index in [0.29, 0.717) is 0 Å². The average Bonchev–Trinajstić information content (AvgIpc) is 2.07. The zero-order valence-corrected chi connectivity index (χ0v) is 6.73. The lowest BCUT2D eigenvalue weighted by molar-refractivity contribution is 1.23. The average molecular weight is 149 g/mol. The highest BCUT2D eigenvalue weighted by atomic mass is 15.1. The van der Waals surface area contributed by atoms with Crippen LogP contribution < -0.4 is 4.90 Å². The zero-order valence-electron chi connectivity index (χ0n) is 6.73. The lowest BCUT2D eigenvalue weighted by Crippen LogP contribution is -2.13. The maximum atomic E-state index is 3.92. The SMILES string of the molecule is CN=CN(C)c1ccncc1. The summed E-state index contributed by atoms with van der Waals surface area (Å²) in [4.78, 5) is 9.74. The van der Waals surface area contributed by atoms with Gasteiger partial charge in [-0.2, -0.15) is 0 Å². The van der Waals surface area contributed by atoms with Crippen molar-refractivity contribution < 1.29 is 0 Å². The summed E-state index contributed by atoms with van der Waals surface area (Å²) in [5.74, 6) is 0. The largest absolute Gasteiger partial charge is 0.336 e. The topological polar surface area (TPSA) is 28.5 Å². The second kappa shape index (κ2) is 3.71. The number of pyridine rings is 1. The molecule has 0 saturated heterocycles. The van der Waals surface area contributed by atoms with Gasteiger partial charge in [-0.15, -0.1) is 0 Å². The monoisotopic (exact) mass is 149 g/mol. The molecule has 0 aliphatic carbocycles. The van der Waals surface area contributed by atoms with Gasteiger partial charge >= 0.3 is 0 Å². The van der Waals surface area contributed by atoms with Gasteiger partial charge in [-0.25, -0.2) is 0 Å². The van der Waals surface area contributed by atoms with Crippen molar-refractivity contribution >= 4 is 12.0 Å². The molecule has 1 heterocycles. The van der Waals surface area contributed by atoms with E-state index in [0.717, 1.165) is 5.69 Å². The van der Waals surface area contributed by atoms with Gasteiger partial charge in [0.1, 0.15) is 0 Å². The molecule has 0 bridgehead atoms. The maximum absolute atomic E-state index is 3.92. The summed E-state index contributed by atoms with van der Waals surface area (Å²) in [5.41, 5.74) is 1.09. The minimum atomic E-state index is 1.09. The lowest BCUT2D eigenvalue weighted by atomic mass is 10.4. The highest BCUT2D eigenvalue weighted by Crippen LogP contribution is 2.06. The van der Waals surface area contributed by atoms with E-state index in [2.05, 4.69) is 9.98 Å². The third-order valence-corrected chi connectivity index (χ3v) is 1.36. The van der Waals surface area contributed by atoms with Crippen LogP contribution in [0.15, 0.2) is 29.5 Å². The third kappa shape index (κ3) is 2.04. The molecule has 0 N–H and O–H groups in total. The molecule has 0 spiro atoms. The van der Waals surface area contributed by atoms with Crippen LogP contribution in [-0.2, 0) is 0 Å². The first-order valence-corrected chi connectivity index (χ1v) is 3.39. The standard InChI is InChI=1S/C8H11N3/c1-9-7-11(2)8-3-5-10-6-4-8/h3-7H,1-2H3. The predicted molar refractivity (Wildman–Crippen MR) is 47.1 cm³/mol. The van der Waals surface area contributed by atoms with Crippen molar-refractivity contribution in [1.82, 2.24) is 4.98 Å². The number of hydrogen-bond donors (Lipinski definition) is 0. The number of nitrogens with zero attached hydrogens (tertiary/aromatic N) is 3. The van der Waals surface area contributed by atoms with Crippen molar-refractivity contribution in [2.45, 2.75) is 0 Å². The summed E-state index contributed by atoms with van der Waals surface area (Å²) in [7, 11) is 3.69. The zero-order chi connectivity index (χ0) is 8.10. The Balaban J connectivity index is 2.76. The Morgan fingerprint density at radius 1 is 1.45 bits per heavy atom. The van der Waals surface area contributed by atoms with Crippen molar-refractivity contribution in [1.29, 1.82) is 0 Å². The Hall–Kier alpha value is -1.38. The molecule has 0 aliphatic heterocycles. The minimum Gasteiger partial charge on any atom is -0.336 e. The molecule has 3 nitrogen and oxygen atoms in total. The first-order chi connectivity index (χ1) is 5.34. The van der Waals surface area contributed by atoms with E-state index in [4.69, 9.17) is 0 Å². The molecule has 3 heteroatoms. The number of anilines is 1. The first-order valence-electron chi connectivity index (χ1n) is 3.39. The smallest absolute Gasteiger partial charge is 0.0888 e. The molecule has 0 unspecified atom stereocenters.